The number of halogens is 2. The fourth-order valence-corrected chi connectivity index (χ4v) is 0.890. The van der Waals surface area contributed by atoms with Gasteiger partial charge in [-0.3, -0.25) is 4.98 Å². The minimum atomic E-state index is -0.489. The van der Waals surface area contributed by atoms with Gasteiger partial charge in [0, 0.05) is 0 Å². The van der Waals surface area contributed by atoms with Crippen LogP contribution >= 0.6 is 11.6 Å². The number of ether oxygens (including phenoxy) is 1. The van der Waals surface area contributed by atoms with Gasteiger partial charge in [-0.25, -0.2) is 4.39 Å². The molecule has 0 aliphatic carbocycles. The van der Waals surface area contributed by atoms with Gasteiger partial charge in [0.1, 0.15) is 19.0 Å². The maximum Gasteiger partial charge on any atom is 0.137 e. The molecule has 0 amide bonds. The van der Waals surface area contributed by atoms with Gasteiger partial charge in [-0.2, -0.15) is 0 Å². The van der Waals surface area contributed by atoms with E-state index in [9.17, 15) is 4.39 Å². The summed E-state index contributed by atoms with van der Waals surface area (Å²) in [7, 11) is 0. The molecule has 12 heavy (non-hydrogen) atoms. The van der Waals surface area contributed by atoms with Crippen molar-refractivity contribution in [2.45, 2.75) is 5.88 Å². The number of aromatic nitrogens is 1. The Morgan fingerprint density at radius 3 is 2.83 bits per heavy atom. The van der Waals surface area contributed by atoms with E-state index >= 15 is 0 Å². The Hall–Kier alpha value is -0.830. The Balaban J connectivity index is 2.53. The van der Waals surface area contributed by atoms with Gasteiger partial charge in [-0.05, 0) is 12.1 Å². The summed E-state index contributed by atoms with van der Waals surface area (Å²) in [5.41, 5.74) is 0.782. The summed E-state index contributed by atoms with van der Waals surface area (Å²) in [5, 5.41) is 0. The highest BCUT2D eigenvalue weighted by Gasteiger charge is 1.94. The second-order valence-electron chi connectivity index (χ2n) is 2.16. The Labute approximate surface area is 75.3 Å². The van der Waals surface area contributed by atoms with E-state index in [0.29, 0.717) is 11.6 Å². The lowest BCUT2D eigenvalue weighted by Gasteiger charge is -2.02. The molecule has 0 bridgehead atoms. The SMILES string of the molecule is FCCOc1ccc(CCl)nc1. The predicted octanol–water partition coefficient (Wildman–Crippen LogP) is 2.17. The summed E-state index contributed by atoms with van der Waals surface area (Å²) >= 11 is 5.52. The molecular weight excluding hydrogens is 181 g/mol. The first kappa shape index (κ1) is 9.26. The summed E-state index contributed by atoms with van der Waals surface area (Å²) < 4.78 is 16.6. The highest BCUT2D eigenvalue weighted by Crippen LogP contribution is 2.09. The standard InChI is InChI=1S/C8H9ClFNO/c9-5-7-1-2-8(6-11-7)12-4-3-10/h1-2,6H,3-5H2. The van der Waals surface area contributed by atoms with Crippen LogP contribution in [-0.4, -0.2) is 18.3 Å². The van der Waals surface area contributed by atoms with Gasteiger partial charge >= 0.3 is 0 Å². The molecule has 0 unspecified atom stereocenters. The number of alkyl halides is 2. The molecule has 0 saturated heterocycles. The zero-order valence-corrected chi connectivity index (χ0v) is 7.22. The van der Waals surface area contributed by atoms with Crippen LogP contribution in [0.4, 0.5) is 4.39 Å². The molecule has 4 heteroatoms. The van der Waals surface area contributed by atoms with Gasteiger partial charge in [0.2, 0.25) is 0 Å². The molecule has 0 fully saturated rings. The van der Waals surface area contributed by atoms with E-state index in [0.717, 1.165) is 5.69 Å². The molecule has 66 valence electrons. The van der Waals surface area contributed by atoms with Gasteiger partial charge in [-0.15, -0.1) is 11.6 Å². The lowest BCUT2D eigenvalue weighted by molar-refractivity contribution is 0.272. The molecule has 0 aromatic carbocycles. The van der Waals surface area contributed by atoms with Gasteiger partial charge in [0.05, 0.1) is 17.8 Å². The lowest BCUT2D eigenvalue weighted by atomic mass is 10.4. The third-order valence-corrected chi connectivity index (χ3v) is 1.55. The molecule has 1 heterocycles. The number of nitrogens with zero attached hydrogens (tertiary/aromatic N) is 1. The first-order chi connectivity index (χ1) is 5.86. The Morgan fingerprint density at radius 1 is 1.50 bits per heavy atom. The summed E-state index contributed by atoms with van der Waals surface area (Å²) in [6.45, 7) is -0.418. The average molecular weight is 190 g/mol. The van der Waals surface area contributed by atoms with E-state index in [1.54, 1.807) is 12.1 Å². The van der Waals surface area contributed by atoms with E-state index in [2.05, 4.69) is 4.98 Å². The molecule has 0 radical (unpaired) electrons. The van der Waals surface area contributed by atoms with Crippen LogP contribution in [0.15, 0.2) is 18.3 Å². The normalized spacial score (nSPS) is 9.83. The fraction of sp³-hybridized carbons (Fsp3) is 0.375. The summed E-state index contributed by atoms with van der Waals surface area (Å²) in [4.78, 5) is 3.97. The molecule has 0 N–H and O–H groups in total. The third kappa shape index (κ3) is 2.66. The van der Waals surface area contributed by atoms with Crippen LogP contribution in [0.5, 0.6) is 5.75 Å². The minimum absolute atomic E-state index is 0.0713. The molecule has 2 nitrogen and oxygen atoms in total. The van der Waals surface area contributed by atoms with Gasteiger partial charge in [0.25, 0.3) is 0 Å². The maximum absolute atomic E-state index is 11.7. The van der Waals surface area contributed by atoms with Crippen LogP contribution in [0.25, 0.3) is 0 Å². The van der Waals surface area contributed by atoms with E-state index in [1.807, 2.05) is 0 Å². The van der Waals surface area contributed by atoms with E-state index < -0.39 is 6.67 Å². The average Bonchev–Trinajstić information content (AvgIpc) is 2.15. The third-order valence-electron chi connectivity index (χ3n) is 1.28. The van der Waals surface area contributed by atoms with Crippen molar-refractivity contribution in [1.82, 2.24) is 4.98 Å². The molecule has 0 spiro atoms. The zero-order valence-electron chi connectivity index (χ0n) is 6.46. The molecule has 1 aromatic heterocycles. The minimum Gasteiger partial charge on any atom is -0.489 e. The van der Waals surface area contributed by atoms with Crippen molar-refractivity contribution >= 4 is 11.6 Å². The summed E-state index contributed by atoms with van der Waals surface area (Å²) in [5.74, 6) is 0.949. The number of rotatable bonds is 4. The van der Waals surface area contributed by atoms with Crippen LogP contribution in [0.3, 0.4) is 0 Å². The van der Waals surface area contributed by atoms with Crippen molar-refractivity contribution in [2.24, 2.45) is 0 Å². The maximum atomic E-state index is 11.7. The van der Waals surface area contributed by atoms with Crippen LogP contribution in [0.1, 0.15) is 5.69 Å². The number of pyridine rings is 1. The number of hydrogen-bond acceptors (Lipinski definition) is 2. The van der Waals surface area contributed by atoms with E-state index in [4.69, 9.17) is 16.3 Å². The first-order valence-electron chi connectivity index (χ1n) is 3.56. The molecule has 0 atom stereocenters. The Bertz CT molecular complexity index is 227. The van der Waals surface area contributed by atoms with Crippen molar-refractivity contribution < 1.29 is 9.13 Å². The van der Waals surface area contributed by atoms with Gasteiger partial charge in [-0.1, -0.05) is 0 Å². The summed E-state index contributed by atoms with van der Waals surface area (Å²) in [6.07, 6.45) is 1.54. The molecule has 1 aromatic rings. The smallest absolute Gasteiger partial charge is 0.137 e. The van der Waals surface area contributed by atoms with Crippen molar-refractivity contribution in [2.75, 3.05) is 13.3 Å². The second kappa shape index (κ2) is 4.93. The van der Waals surface area contributed by atoms with Crippen molar-refractivity contribution in [3.05, 3.63) is 24.0 Å². The van der Waals surface area contributed by atoms with Crippen LogP contribution in [-0.2, 0) is 5.88 Å². The molecular formula is C8H9ClFNO. The van der Waals surface area contributed by atoms with Crippen LogP contribution < -0.4 is 4.74 Å². The van der Waals surface area contributed by atoms with Crippen LogP contribution in [0.2, 0.25) is 0 Å². The molecule has 0 aliphatic heterocycles. The summed E-state index contributed by atoms with van der Waals surface area (Å²) in [6, 6.07) is 3.47. The van der Waals surface area contributed by atoms with Gasteiger partial charge in [0.15, 0.2) is 0 Å². The molecule has 0 saturated carbocycles. The lowest BCUT2D eigenvalue weighted by Crippen LogP contribution is -1.99. The van der Waals surface area contributed by atoms with Crippen molar-refractivity contribution in [1.29, 1.82) is 0 Å². The molecule has 1 rings (SSSR count). The predicted molar refractivity (Wildman–Crippen MR) is 45.3 cm³/mol. The van der Waals surface area contributed by atoms with E-state index in [-0.39, 0.29) is 6.61 Å². The second-order valence-corrected chi connectivity index (χ2v) is 2.42. The quantitative estimate of drug-likeness (QED) is 0.678. The van der Waals surface area contributed by atoms with Crippen molar-refractivity contribution in [3.63, 3.8) is 0 Å². The Kier molecular flexibility index (Phi) is 3.80. The fourth-order valence-electron chi connectivity index (χ4n) is 0.732. The van der Waals surface area contributed by atoms with E-state index in [1.165, 1.54) is 6.20 Å². The zero-order chi connectivity index (χ0) is 8.81. The Morgan fingerprint density at radius 2 is 2.33 bits per heavy atom. The molecule has 0 aliphatic rings. The van der Waals surface area contributed by atoms with Gasteiger partial charge < -0.3 is 4.74 Å². The monoisotopic (exact) mass is 189 g/mol. The number of hydrogen-bond donors (Lipinski definition) is 0. The highest BCUT2D eigenvalue weighted by molar-refractivity contribution is 6.16. The van der Waals surface area contributed by atoms with Crippen LogP contribution in [0, 0.1) is 0 Å². The topological polar surface area (TPSA) is 22.1 Å². The van der Waals surface area contributed by atoms with Crippen molar-refractivity contribution in [3.8, 4) is 5.75 Å². The highest BCUT2D eigenvalue weighted by atomic mass is 35.5. The first-order valence-corrected chi connectivity index (χ1v) is 4.10. The largest absolute Gasteiger partial charge is 0.489 e.